The largest absolute Gasteiger partial charge is 0.496 e. The van der Waals surface area contributed by atoms with Gasteiger partial charge in [-0.05, 0) is 31.2 Å². The van der Waals surface area contributed by atoms with Crippen molar-refractivity contribution in [2.24, 2.45) is 5.73 Å². The van der Waals surface area contributed by atoms with Crippen LogP contribution in [0.5, 0.6) is 11.5 Å². The van der Waals surface area contributed by atoms with Crippen LogP contribution in [0.3, 0.4) is 0 Å². The van der Waals surface area contributed by atoms with E-state index in [0.717, 1.165) is 5.56 Å². The number of rotatable bonds is 5. The molecule has 5 heteroatoms. The number of halogens is 2. The van der Waals surface area contributed by atoms with Crippen LogP contribution < -0.4 is 15.2 Å². The first kappa shape index (κ1) is 15.6. The van der Waals surface area contributed by atoms with Crippen LogP contribution in [0.2, 0.25) is 5.02 Å². The Morgan fingerprint density at radius 3 is 2.62 bits per heavy atom. The molecule has 3 nitrogen and oxygen atoms in total. The molecule has 0 fully saturated rings. The van der Waals surface area contributed by atoms with E-state index in [0.29, 0.717) is 22.1 Å². The van der Waals surface area contributed by atoms with Crippen LogP contribution in [0.15, 0.2) is 36.4 Å². The molecule has 21 heavy (non-hydrogen) atoms. The Balaban J connectivity index is 2.13. The molecule has 0 spiro atoms. The third kappa shape index (κ3) is 3.86. The SMILES string of the molecule is COc1ccc(Cl)cc1COc1ccc(C(C)N)c(F)c1. The molecule has 112 valence electrons. The van der Waals surface area contributed by atoms with Gasteiger partial charge in [0.05, 0.1) is 7.11 Å². The van der Waals surface area contributed by atoms with Crippen molar-refractivity contribution >= 4 is 11.6 Å². The van der Waals surface area contributed by atoms with Gasteiger partial charge in [-0.25, -0.2) is 4.39 Å². The summed E-state index contributed by atoms with van der Waals surface area (Å²) in [7, 11) is 1.57. The Morgan fingerprint density at radius 2 is 2.00 bits per heavy atom. The Labute approximate surface area is 128 Å². The van der Waals surface area contributed by atoms with Gasteiger partial charge >= 0.3 is 0 Å². The van der Waals surface area contributed by atoms with E-state index in [-0.39, 0.29) is 18.5 Å². The van der Waals surface area contributed by atoms with E-state index >= 15 is 0 Å². The second kappa shape index (κ2) is 6.78. The lowest BCUT2D eigenvalue weighted by Gasteiger charge is -2.12. The van der Waals surface area contributed by atoms with Crippen LogP contribution >= 0.6 is 11.6 Å². The fraction of sp³-hybridized carbons (Fsp3) is 0.250. The highest BCUT2D eigenvalue weighted by molar-refractivity contribution is 6.30. The minimum absolute atomic E-state index is 0.237. The summed E-state index contributed by atoms with van der Waals surface area (Å²) in [6, 6.07) is 9.56. The zero-order chi connectivity index (χ0) is 15.4. The second-order valence-corrected chi connectivity index (χ2v) is 5.15. The van der Waals surface area contributed by atoms with Gasteiger partial charge in [0.1, 0.15) is 23.9 Å². The van der Waals surface area contributed by atoms with Crippen LogP contribution in [0, 0.1) is 5.82 Å². The number of nitrogens with two attached hydrogens (primary N) is 1. The van der Waals surface area contributed by atoms with Crippen LogP contribution in [-0.2, 0) is 6.61 Å². The van der Waals surface area contributed by atoms with E-state index in [2.05, 4.69) is 0 Å². The van der Waals surface area contributed by atoms with Crippen LogP contribution in [0.4, 0.5) is 4.39 Å². The maximum Gasteiger partial charge on any atom is 0.131 e. The van der Waals surface area contributed by atoms with Crippen LogP contribution in [0.25, 0.3) is 0 Å². The molecule has 1 atom stereocenters. The molecule has 1 unspecified atom stereocenters. The third-order valence-corrected chi connectivity index (χ3v) is 3.33. The Bertz CT molecular complexity index is 632. The van der Waals surface area contributed by atoms with Gasteiger partial charge in [0.2, 0.25) is 0 Å². The highest BCUT2D eigenvalue weighted by Crippen LogP contribution is 2.25. The number of hydrogen-bond donors (Lipinski definition) is 1. The fourth-order valence-electron chi connectivity index (χ4n) is 1.99. The maximum absolute atomic E-state index is 13.8. The standard InChI is InChI=1S/C16H17ClFNO2/c1-10(19)14-5-4-13(8-15(14)18)21-9-11-7-12(17)3-6-16(11)20-2/h3-8,10H,9,19H2,1-2H3. The lowest BCUT2D eigenvalue weighted by atomic mass is 10.1. The molecule has 0 radical (unpaired) electrons. The zero-order valence-corrected chi connectivity index (χ0v) is 12.7. The van der Waals surface area contributed by atoms with Gasteiger partial charge in [0.15, 0.2) is 0 Å². The number of hydrogen-bond acceptors (Lipinski definition) is 3. The van der Waals surface area contributed by atoms with Crippen molar-refractivity contribution < 1.29 is 13.9 Å². The van der Waals surface area contributed by atoms with Crippen LogP contribution in [-0.4, -0.2) is 7.11 Å². The molecule has 2 aromatic carbocycles. The molecule has 2 aromatic rings. The Hall–Kier alpha value is -1.78. The Kier molecular flexibility index (Phi) is 5.04. The van der Waals surface area contributed by atoms with E-state index in [1.54, 1.807) is 44.4 Å². The summed E-state index contributed by atoms with van der Waals surface area (Å²) in [6.07, 6.45) is 0. The molecule has 0 aliphatic rings. The lowest BCUT2D eigenvalue weighted by molar-refractivity contribution is 0.295. The summed E-state index contributed by atoms with van der Waals surface area (Å²) in [4.78, 5) is 0. The Morgan fingerprint density at radius 1 is 1.24 bits per heavy atom. The fourth-order valence-corrected chi connectivity index (χ4v) is 2.18. The average Bonchev–Trinajstić information content (AvgIpc) is 2.45. The van der Waals surface area contributed by atoms with Gasteiger partial charge in [0, 0.05) is 28.3 Å². The first-order valence-electron chi connectivity index (χ1n) is 6.51. The van der Waals surface area contributed by atoms with Gasteiger partial charge in [0.25, 0.3) is 0 Å². The highest BCUT2D eigenvalue weighted by Gasteiger charge is 2.09. The van der Waals surface area contributed by atoms with E-state index in [4.69, 9.17) is 26.8 Å². The molecule has 0 aliphatic heterocycles. The maximum atomic E-state index is 13.8. The number of methoxy groups -OCH3 is 1. The van der Waals surface area contributed by atoms with Crippen molar-refractivity contribution in [2.75, 3.05) is 7.11 Å². The monoisotopic (exact) mass is 309 g/mol. The predicted octanol–water partition coefficient (Wildman–Crippen LogP) is 4.09. The summed E-state index contributed by atoms with van der Waals surface area (Å²) in [5.74, 6) is 0.728. The summed E-state index contributed by atoms with van der Waals surface area (Å²) < 4.78 is 24.6. The number of ether oxygens (including phenoxy) is 2. The molecule has 0 amide bonds. The topological polar surface area (TPSA) is 44.5 Å². The molecule has 0 aromatic heterocycles. The molecule has 2 rings (SSSR count). The number of benzene rings is 2. The first-order chi connectivity index (χ1) is 10.0. The molecule has 0 saturated carbocycles. The third-order valence-electron chi connectivity index (χ3n) is 3.10. The van der Waals surface area contributed by atoms with Crippen molar-refractivity contribution in [3.63, 3.8) is 0 Å². The normalized spacial score (nSPS) is 12.0. The molecule has 2 N–H and O–H groups in total. The summed E-state index contributed by atoms with van der Waals surface area (Å²) in [6.45, 7) is 1.97. The minimum Gasteiger partial charge on any atom is -0.496 e. The van der Waals surface area contributed by atoms with Crippen molar-refractivity contribution in [3.05, 3.63) is 58.4 Å². The summed E-state index contributed by atoms with van der Waals surface area (Å²) >= 11 is 5.95. The van der Waals surface area contributed by atoms with Crippen molar-refractivity contribution in [1.29, 1.82) is 0 Å². The van der Waals surface area contributed by atoms with E-state index < -0.39 is 0 Å². The molecular weight excluding hydrogens is 293 g/mol. The molecule has 0 bridgehead atoms. The highest BCUT2D eigenvalue weighted by atomic mass is 35.5. The molecular formula is C16H17ClFNO2. The van der Waals surface area contributed by atoms with Gasteiger partial charge in [-0.3, -0.25) is 0 Å². The van der Waals surface area contributed by atoms with Crippen molar-refractivity contribution in [2.45, 2.75) is 19.6 Å². The minimum atomic E-state index is -0.374. The van der Waals surface area contributed by atoms with Gasteiger partial charge in [-0.2, -0.15) is 0 Å². The molecule has 0 saturated heterocycles. The van der Waals surface area contributed by atoms with Crippen molar-refractivity contribution in [3.8, 4) is 11.5 Å². The molecule has 0 heterocycles. The first-order valence-corrected chi connectivity index (χ1v) is 6.89. The van der Waals surface area contributed by atoms with E-state index in [9.17, 15) is 4.39 Å². The predicted molar refractivity (Wildman–Crippen MR) is 81.3 cm³/mol. The van der Waals surface area contributed by atoms with E-state index in [1.165, 1.54) is 6.07 Å². The van der Waals surface area contributed by atoms with Crippen molar-refractivity contribution in [1.82, 2.24) is 0 Å². The van der Waals surface area contributed by atoms with Crippen LogP contribution in [0.1, 0.15) is 24.1 Å². The van der Waals surface area contributed by atoms with E-state index in [1.807, 2.05) is 0 Å². The van der Waals surface area contributed by atoms with Gasteiger partial charge < -0.3 is 15.2 Å². The van der Waals surface area contributed by atoms with Gasteiger partial charge in [-0.15, -0.1) is 0 Å². The smallest absolute Gasteiger partial charge is 0.131 e. The average molecular weight is 310 g/mol. The second-order valence-electron chi connectivity index (χ2n) is 4.72. The summed E-state index contributed by atoms with van der Waals surface area (Å²) in [5.41, 5.74) is 6.93. The zero-order valence-electron chi connectivity index (χ0n) is 11.9. The molecule has 0 aliphatic carbocycles. The lowest BCUT2D eigenvalue weighted by Crippen LogP contribution is -2.07. The van der Waals surface area contributed by atoms with Gasteiger partial charge in [-0.1, -0.05) is 17.7 Å². The quantitative estimate of drug-likeness (QED) is 0.905. The summed E-state index contributed by atoms with van der Waals surface area (Å²) in [5, 5.41) is 0.591.